The number of ether oxygens (including phenoxy) is 3. The van der Waals surface area contributed by atoms with Crippen LogP contribution in [-0.4, -0.2) is 20.3 Å². The molecule has 0 radical (unpaired) electrons. The Kier molecular flexibility index (Phi) is 3.22. The molecule has 1 spiro atoms. The largest absolute Gasteiger partial charge is 0.497 e. The highest BCUT2D eigenvalue weighted by molar-refractivity contribution is 5.64. The fourth-order valence-electron chi connectivity index (χ4n) is 4.87. The highest BCUT2D eigenvalue weighted by atomic mass is 16.6. The Bertz CT molecular complexity index is 716. The van der Waals surface area contributed by atoms with Crippen LogP contribution in [0, 0.1) is 12.8 Å². The first-order valence-electron chi connectivity index (χ1n) is 8.44. The van der Waals surface area contributed by atoms with Gasteiger partial charge in [-0.25, -0.2) is 0 Å². The predicted octanol–water partition coefficient (Wildman–Crippen LogP) is 4.29. The van der Waals surface area contributed by atoms with Crippen LogP contribution in [0.15, 0.2) is 35.6 Å². The van der Waals surface area contributed by atoms with Gasteiger partial charge in [0.25, 0.3) is 0 Å². The Balaban J connectivity index is 2.01. The molecule has 1 fully saturated rings. The van der Waals surface area contributed by atoms with Crippen molar-refractivity contribution in [3.63, 3.8) is 0 Å². The maximum atomic E-state index is 6.47. The van der Waals surface area contributed by atoms with Gasteiger partial charge in [-0.05, 0) is 43.4 Å². The van der Waals surface area contributed by atoms with Crippen LogP contribution in [0.4, 0.5) is 0 Å². The van der Waals surface area contributed by atoms with E-state index in [1.807, 2.05) is 6.07 Å². The smallest absolute Gasteiger partial charge is 0.169 e. The number of hydrogen-bond donors (Lipinski definition) is 0. The van der Waals surface area contributed by atoms with Gasteiger partial charge in [0, 0.05) is 5.56 Å². The molecular weight excluding hydrogens is 288 g/mol. The second-order valence-electron chi connectivity index (χ2n) is 6.95. The first-order chi connectivity index (χ1) is 11.1. The lowest BCUT2D eigenvalue weighted by molar-refractivity contribution is 0.0987. The van der Waals surface area contributed by atoms with Crippen molar-refractivity contribution in [3.05, 3.63) is 46.7 Å². The Morgan fingerprint density at radius 3 is 2.74 bits per heavy atom. The van der Waals surface area contributed by atoms with Crippen LogP contribution in [0.5, 0.6) is 11.5 Å². The second kappa shape index (κ2) is 5.05. The SMILES string of the molecule is COC1=CC=C2[C@@H](C)CCC[C@@]23c2c(C)ccc(OC)c2O[C@@H]13. The standard InChI is InChI=1S/C20H24O3/c1-12-6-5-11-20-14(12)8-10-16(22-4)19(20)23-18-15(21-3)9-7-13(2)17(18)20/h7-10,12,19H,5-6,11H2,1-4H3/t12-,19-,20-/m0/s1. The fraction of sp³-hybridized carbons (Fsp3) is 0.500. The van der Waals surface area contributed by atoms with Gasteiger partial charge in [-0.3, -0.25) is 0 Å². The lowest BCUT2D eigenvalue weighted by Gasteiger charge is -2.45. The lowest BCUT2D eigenvalue weighted by Crippen LogP contribution is -2.47. The van der Waals surface area contributed by atoms with Crippen LogP contribution in [0.2, 0.25) is 0 Å². The van der Waals surface area contributed by atoms with E-state index >= 15 is 0 Å². The minimum absolute atomic E-state index is 0.0692. The first kappa shape index (κ1) is 14.7. The third-order valence-electron chi connectivity index (χ3n) is 5.85. The summed E-state index contributed by atoms with van der Waals surface area (Å²) in [6.07, 6.45) is 7.86. The van der Waals surface area contributed by atoms with E-state index in [4.69, 9.17) is 14.2 Å². The van der Waals surface area contributed by atoms with E-state index in [-0.39, 0.29) is 11.5 Å². The van der Waals surface area contributed by atoms with Crippen molar-refractivity contribution < 1.29 is 14.2 Å². The van der Waals surface area contributed by atoms with Gasteiger partial charge in [0.15, 0.2) is 17.6 Å². The van der Waals surface area contributed by atoms with E-state index in [0.717, 1.165) is 23.7 Å². The summed E-state index contributed by atoms with van der Waals surface area (Å²) in [6, 6.07) is 4.16. The third-order valence-corrected chi connectivity index (χ3v) is 5.85. The quantitative estimate of drug-likeness (QED) is 0.815. The number of benzene rings is 1. The monoisotopic (exact) mass is 312 g/mol. The molecule has 1 aromatic rings. The number of fused-ring (bicyclic) bond motifs is 1. The summed E-state index contributed by atoms with van der Waals surface area (Å²) in [5.74, 6) is 3.21. The molecule has 0 saturated heterocycles. The van der Waals surface area contributed by atoms with Crippen molar-refractivity contribution in [2.45, 2.75) is 44.6 Å². The van der Waals surface area contributed by atoms with Gasteiger partial charge in [0.1, 0.15) is 5.76 Å². The Labute approximate surface area is 137 Å². The molecule has 3 aliphatic rings. The van der Waals surface area contributed by atoms with E-state index in [1.54, 1.807) is 14.2 Å². The molecule has 0 bridgehead atoms. The second-order valence-corrected chi connectivity index (χ2v) is 6.95. The van der Waals surface area contributed by atoms with Crippen LogP contribution < -0.4 is 9.47 Å². The number of hydrogen-bond acceptors (Lipinski definition) is 3. The molecule has 0 amide bonds. The Hall–Kier alpha value is -1.90. The van der Waals surface area contributed by atoms with Gasteiger partial charge < -0.3 is 14.2 Å². The van der Waals surface area contributed by atoms with Crippen molar-refractivity contribution in [2.75, 3.05) is 14.2 Å². The number of rotatable bonds is 2. The molecule has 122 valence electrons. The molecule has 1 saturated carbocycles. The van der Waals surface area contributed by atoms with E-state index < -0.39 is 0 Å². The maximum Gasteiger partial charge on any atom is 0.169 e. The highest BCUT2D eigenvalue weighted by Gasteiger charge is 2.58. The average Bonchev–Trinajstić information content (AvgIpc) is 2.90. The van der Waals surface area contributed by atoms with Crippen molar-refractivity contribution in [1.82, 2.24) is 0 Å². The molecule has 1 aromatic carbocycles. The zero-order chi connectivity index (χ0) is 16.2. The van der Waals surface area contributed by atoms with Gasteiger partial charge >= 0.3 is 0 Å². The minimum Gasteiger partial charge on any atom is -0.497 e. The number of allylic oxidation sites excluding steroid dienone is 2. The van der Waals surface area contributed by atoms with Gasteiger partial charge in [-0.1, -0.05) is 31.1 Å². The third kappa shape index (κ3) is 1.76. The van der Waals surface area contributed by atoms with Crippen molar-refractivity contribution in [2.24, 2.45) is 5.92 Å². The first-order valence-corrected chi connectivity index (χ1v) is 8.44. The van der Waals surface area contributed by atoms with Gasteiger partial charge in [-0.2, -0.15) is 0 Å². The summed E-state index contributed by atoms with van der Waals surface area (Å²) >= 11 is 0. The van der Waals surface area contributed by atoms with Crippen molar-refractivity contribution >= 4 is 0 Å². The van der Waals surface area contributed by atoms with Crippen LogP contribution in [-0.2, 0) is 10.2 Å². The average molecular weight is 312 g/mol. The summed E-state index contributed by atoms with van der Waals surface area (Å²) < 4.78 is 17.7. The summed E-state index contributed by atoms with van der Waals surface area (Å²) in [6.45, 7) is 4.52. The molecule has 3 atom stereocenters. The van der Waals surface area contributed by atoms with E-state index in [0.29, 0.717) is 5.92 Å². The molecule has 0 unspecified atom stereocenters. The molecule has 4 rings (SSSR count). The summed E-state index contributed by atoms with van der Waals surface area (Å²) in [5.41, 5.74) is 3.98. The molecule has 3 nitrogen and oxygen atoms in total. The molecule has 1 heterocycles. The summed E-state index contributed by atoms with van der Waals surface area (Å²) in [7, 11) is 3.45. The maximum absolute atomic E-state index is 6.47. The number of aryl methyl sites for hydroxylation is 1. The summed E-state index contributed by atoms with van der Waals surface area (Å²) in [5, 5.41) is 0. The molecule has 2 aliphatic carbocycles. The molecule has 0 N–H and O–H groups in total. The molecule has 3 heteroatoms. The van der Waals surface area contributed by atoms with Crippen LogP contribution in [0.3, 0.4) is 0 Å². The number of methoxy groups -OCH3 is 2. The minimum atomic E-state index is -0.0916. The molecule has 0 aromatic heterocycles. The van der Waals surface area contributed by atoms with E-state index in [1.165, 1.54) is 29.5 Å². The predicted molar refractivity (Wildman–Crippen MR) is 90.0 cm³/mol. The molecule has 23 heavy (non-hydrogen) atoms. The van der Waals surface area contributed by atoms with Gasteiger partial charge in [0.2, 0.25) is 0 Å². The van der Waals surface area contributed by atoms with Crippen molar-refractivity contribution in [1.29, 1.82) is 0 Å². The van der Waals surface area contributed by atoms with Crippen molar-refractivity contribution in [3.8, 4) is 11.5 Å². The van der Waals surface area contributed by atoms with Crippen LogP contribution in [0.1, 0.15) is 37.3 Å². The fourth-order valence-corrected chi connectivity index (χ4v) is 4.87. The summed E-state index contributed by atoms with van der Waals surface area (Å²) in [4.78, 5) is 0. The topological polar surface area (TPSA) is 27.7 Å². The molecular formula is C20H24O3. The van der Waals surface area contributed by atoms with E-state index in [2.05, 4.69) is 32.1 Å². The van der Waals surface area contributed by atoms with Gasteiger partial charge in [-0.15, -0.1) is 0 Å². The zero-order valence-corrected chi connectivity index (χ0v) is 14.3. The highest BCUT2D eigenvalue weighted by Crippen LogP contribution is 2.61. The molecule has 1 aliphatic heterocycles. The zero-order valence-electron chi connectivity index (χ0n) is 14.3. The normalized spacial score (nSPS) is 31.1. The Morgan fingerprint density at radius 2 is 2.00 bits per heavy atom. The Morgan fingerprint density at radius 1 is 1.17 bits per heavy atom. The lowest BCUT2D eigenvalue weighted by atomic mass is 9.58. The van der Waals surface area contributed by atoms with Gasteiger partial charge in [0.05, 0.1) is 19.6 Å². The van der Waals surface area contributed by atoms with E-state index in [9.17, 15) is 0 Å². The van der Waals surface area contributed by atoms with Crippen LogP contribution >= 0.6 is 0 Å². The van der Waals surface area contributed by atoms with Crippen LogP contribution in [0.25, 0.3) is 0 Å².